The molecule has 2 nitrogen and oxygen atoms in total. The van der Waals surface area contributed by atoms with Gasteiger partial charge in [0.1, 0.15) is 11.5 Å². The van der Waals surface area contributed by atoms with Crippen molar-refractivity contribution in [3.8, 4) is 0 Å². The number of hydrogen-bond donors (Lipinski definition) is 0. The zero-order valence-corrected chi connectivity index (χ0v) is 24.5. The number of allylic oxidation sites excluding steroid dienone is 1. The van der Waals surface area contributed by atoms with Crippen molar-refractivity contribution >= 4 is 17.6 Å². The quantitative estimate of drug-likeness (QED) is 0.187. The molecule has 0 heterocycles. The number of fused-ring (bicyclic) bond motifs is 5. The average molecular weight is 505 g/mol. The van der Waals surface area contributed by atoms with Gasteiger partial charge in [-0.25, -0.2) is 0 Å². The first-order valence-corrected chi connectivity index (χ1v) is 15.4. The monoisotopic (exact) mass is 504 g/mol. The summed E-state index contributed by atoms with van der Waals surface area (Å²) in [4.78, 5) is 12.5. The maximum atomic E-state index is 12.5. The fraction of sp³-hybridized carbons (Fsp3) is 0.906. The third-order valence-corrected chi connectivity index (χ3v) is 12.0. The highest BCUT2D eigenvalue weighted by atomic mass is 35.5. The standard InChI is InChI=1S/C32H53ClO2/c1-20(2)9-8-10-22(5)26-13-14-27-25-12-11-23-19-24(35-30(34)29(33)21(3)4)15-17-31(23,6)28(25)16-18-32(26,27)7/h11,20-22,24-29H,8-10,12-19H2,1-7H3/t22-,24-,25+,26-,27+,28+,29-,31-,32+/m0/s1. The third kappa shape index (κ3) is 5.26. The van der Waals surface area contributed by atoms with Gasteiger partial charge >= 0.3 is 5.97 Å². The van der Waals surface area contributed by atoms with Crippen molar-refractivity contribution in [1.82, 2.24) is 0 Å². The van der Waals surface area contributed by atoms with Crippen LogP contribution in [0.1, 0.15) is 119 Å². The van der Waals surface area contributed by atoms with Gasteiger partial charge in [0.05, 0.1) is 0 Å². The van der Waals surface area contributed by atoms with E-state index in [4.69, 9.17) is 16.3 Å². The van der Waals surface area contributed by atoms with Gasteiger partial charge in [0.2, 0.25) is 0 Å². The van der Waals surface area contributed by atoms with Crippen LogP contribution in [-0.4, -0.2) is 17.5 Å². The fourth-order valence-corrected chi connectivity index (χ4v) is 9.31. The zero-order valence-electron chi connectivity index (χ0n) is 23.7. The number of ether oxygens (including phenoxy) is 1. The second-order valence-corrected chi connectivity index (χ2v) is 14.7. The summed E-state index contributed by atoms with van der Waals surface area (Å²) < 4.78 is 5.91. The number of alkyl halides is 1. The summed E-state index contributed by atoms with van der Waals surface area (Å²) in [5.74, 6) is 5.05. The van der Waals surface area contributed by atoms with Crippen molar-refractivity contribution in [1.29, 1.82) is 0 Å². The number of hydrogen-bond acceptors (Lipinski definition) is 2. The molecular weight excluding hydrogens is 452 g/mol. The molecule has 0 aromatic heterocycles. The third-order valence-electron chi connectivity index (χ3n) is 11.4. The Morgan fingerprint density at radius 2 is 1.77 bits per heavy atom. The minimum absolute atomic E-state index is 0.00906. The first-order valence-electron chi connectivity index (χ1n) is 15.0. The van der Waals surface area contributed by atoms with Gasteiger partial charge in [0, 0.05) is 6.42 Å². The van der Waals surface area contributed by atoms with Crippen LogP contribution in [0.15, 0.2) is 11.6 Å². The summed E-state index contributed by atoms with van der Waals surface area (Å²) in [5.41, 5.74) is 2.42. The van der Waals surface area contributed by atoms with E-state index in [0.29, 0.717) is 10.8 Å². The SMILES string of the molecule is CC(C)CCC[C@H](C)[C@@H]1CC[C@@H]2[C@H]3CC=C4C[C@@H](OC(=O)[C@@H](Cl)C(C)C)CC[C@]4(C)[C@@H]3CC[C@@]21C. The smallest absolute Gasteiger partial charge is 0.324 e. The van der Waals surface area contributed by atoms with Gasteiger partial charge in [-0.1, -0.05) is 79.4 Å². The number of esters is 1. The average Bonchev–Trinajstić information content (AvgIpc) is 3.15. The summed E-state index contributed by atoms with van der Waals surface area (Å²) in [6.07, 6.45) is 16.8. The Morgan fingerprint density at radius 3 is 2.46 bits per heavy atom. The van der Waals surface area contributed by atoms with Gasteiger partial charge < -0.3 is 4.74 Å². The van der Waals surface area contributed by atoms with Crippen LogP contribution in [0.5, 0.6) is 0 Å². The molecule has 0 aliphatic heterocycles. The summed E-state index contributed by atoms with van der Waals surface area (Å²) in [7, 11) is 0. The number of halogens is 1. The highest BCUT2D eigenvalue weighted by molar-refractivity contribution is 6.30. The molecule has 4 aliphatic carbocycles. The van der Waals surface area contributed by atoms with Gasteiger partial charge in [-0.05, 0) is 97.2 Å². The maximum Gasteiger partial charge on any atom is 0.324 e. The molecule has 200 valence electrons. The van der Waals surface area contributed by atoms with E-state index in [1.807, 2.05) is 13.8 Å². The van der Waals surface area contributed by atoms with Crippen LogP contribution in [0.4, 0.5) is 0 Å². The molecular formula is C32H53ClO2. The largest absolute Gasteiger partial charge is 0.461 e. The molecule has 0 saturated heterocycles. The Bertz CT molecular complexity index is 786. The van der Waals surface area contributed by atoms with E-state index in [-0.39, 0.29) is 18.0 Å². The molecule has 0 aromatic carbocycles. The van der Waals surface area contributed by atoms with Gasteiger partial charge in [-0.15, -0.1) is 11.6 Å². The number of rotatable bonds is 8. The highest BCUT2D eigenvalue weighted by Crippen LogP contribution is 2.67. The van der Waals surface area contributed by atoms with E-state index in [1.54, 1.807) is 5.57 Å². The van der Waals surface area contributed by atoms with Crippen LogP contribution in [-0.2, 0) is 9.53 Å². The van der Waals surface area contributed by atoms with Crippen molar-refractivity contribution in [2.75, 3.05) is 0 Å². The van der Waals surface area contributed by atoms with Crippen molar-refractivity contribution in [3.05, 3.63) is 11.6 Å². The van der Waals surface area contributed by atoms with Crippen LogP contribution in [0.25, 0.3) is 0 Å². The molecule has 0 radical (unpaired) electrons. The predicted octanol–water partition coefficient (Wildman–Crippen LogP) is 9.20. The summed E-state index contributed by atoms with van der Waals surface area (Å²) in [6, 6.07) is 0. The molecule has 0 aromatic rings. The van der Waals surface area contributed by atoms with Crippen LogP contribution in [0, 0.1) is 52.3 Å². The van der Waals surface area contributed by atoms with Crippen molar-refractivity contribution in [2.24, 2.45) is 52.3 Å². The summed E-state index contributed by atoms with van der Waals surface area (Å²) in [5, 5.41) is -0.535. The lowest BCUT2D eigenvalue weighted by Crippen LogP contribution is -2.51. The molecule has 0 amide bonds. The molecule has 35 heavy (non-hydrogen) atoms. The van der Waals surface area contributed by atoms with Crippen molar-refractivity contribution < 1.29 is 9.53 Å². The molecule has 3 heteroatoms. The maximum absolute atomic E-state index is 12.5. The minimum atomic E-state index is -0.535. The molecule has 4 aliphatic rings. The molecule has 0 unspecified atom stereocenters. The van der Waals surface area contributed by atoms with E-state index >= 15 is 0 Å². The van der Waals surface area contributed by atoms with Crippen LogP contribution >= 0.6 is 11.6 Å². The van der Waals surface area contributed by atoms with E-state index in [0.717, 1.165) is 54.8 Å². The lowest BCUT2D eigenvalue weighted by Gasteiger charge is -2.58. The van der Waals surface area contributed by atoms with Crippen LogP contribution in [0.3, 0.4) is 0 Å². The Balaban J connectivity index is 1.43. The van der Waals surface area contributed by atoms with Gasteiger partial charge in [-0.3, -0.25) is 4.79 Å². The molecule has 3 saturated carbocycles. The topological polar surface area (TPSA) is 26.3 Å². The second-order valence-electron chi connectivity index (χ2n) is 14.2. The normalized spacial score (nSPS) is 40.5. The predicted molar refractivity (Wildman–Crippen MR) is 147 cm³/mol. The molecule has 9 atom stereocenters. The molecule has 3 fully saturated rings. The zero-order chi connectivity index (χ0) is 25.5. The Kier molecular flexibility index (Phi) is 8.42. The molecule has 0 bridgehead atoms. The summed E-state index contributed by atoms with van der Waals surface area (Å²) in [6.45, 7) is 16.5. The van der Waals surface area contributed by atoms with Gasteiger partial charge in [0.25, 0.3) is 0 Å². The first-order chi connectivity index (χ1) is 16.5. The highest BCUT2D eigenvalue weighted by Gasteiger charge is 2.59. The second kappa shape index (κ2) is 10.7. The van der Waals surface area contributed by atoms with Crippen molar-refractivity contribution in [3.63, 3.8) is 0 Å². The summed E-state index contributed by atoms with van der Waals surface area (Å²) >= 11 is 6.29. The molecule has 0 spiro atoms. The Labute approximate surface area is 221 Å². The number of carbonyl (C=O) groups is 1. The lowest BCUT2D eigenvalue weighted by atomic mass is 9.47. The fourth-order valence-electron chi connectivity index (χ4n) is 9.25. The van der Waals surface area contributed by atoms with Crippen molar-refractivity contribution in [2.45, 2.75) is 131 Å². The first kappa shape index (κ1) is 27.5. The molecule has 0 N–H and O–H groups in total. The van der Waals surface area contributed by atoms with Crippen LogP contribution in [0.2, 0.25) is 0 Å². The van der Waals surface area contributed by atoms with Gasteiger partial charge in [0.15, 0.2) is 0 Å². The minimum Gasteiger partial charge on any atom is -0.461 e. The van der Waals surface area contributed by atoms with E-state index in [9.17, 15) is 4.79 Å². The Morgan fingerprint density at radius 1 is 1.03 bits per heavy atom. The van der Waals surface area contributed by atoms with E-state index in [2.05, 4.69) is 40.7 Å². The van der Waals surface area contributed by atoms with E-state index in [1.165, 1.54) is 51.4 Å². The number of carbonyl (C=O) groups excluding carboxylic acids is 1. The lowest BCUT2D eigenvalue weighted by molar-refractivity contribution is -0.151. The van der Waals surface area contributed by atoms with Crippen LogP contribution < -0.4 is 0 Å². The molecule has 4 rings (SSSR count). The van der Waals surface area contributed by atoms with Gasteiger partial charge in [-0.2, -0.15) is 0 Å². The van der Waals surface area contributed by atoms with E-state index < -0.39 is 5.38 Å². The Hall–Kier alpha value is -0.500.